The Labute approximate surface area is 351 Å². The quantitative estimate of drug-likeness (QED) is 0.147. The standard InChI is InChI=1S/C56H40N4/c1-4-16-39(17-5-1)52-31-28-42(36-57-52)46-22-10-11-25-49(46)45-34-55(50-26-14-12-23-47(50)43-29-32-53(58-37-43)40-18-6-2-7-19-40)60-56(35-45)51-27-15-13-24-48(51)44-30-33-54(59-38-44)41-20-8-3-9-21-41/h1-8,10-20,22-38H,9,21H2. The molecule has 0 N–H and O–H groups in total. The lowest BCUT2D eigenvalue weighted by Gasteiger charge is -2.17. The summed E-state index contributed by atoms with van der Waals surface area (Å²) in [5.41, 5.74) is 18.7. The van der Waals surface area contributed by atoms with Crippen LogP contribution in [0.5, 0.6) is 0 Å². The minimum atomic E-state index is 0.873. The van der Waals surface area contributed by atoms with Gasteiger partial charge in [0.2, 0.25) is 0 Å². The average Bonchev–Trinajstić information content (AvgIpc) is 3.35. The van der Waals surface area contributed by atoms with E-state index in [1.807, 2.05) is 55.0 Å². The van der Waals surface area contributed by atoms with Crippen LogP contribution in [0, 0.1) is 0 Å². The first kappa shape index (κ1) is 36.5. The molecule has 9 aromatic rings. The first-order chi connectivity index (χ1) is 29.7. The predicted molar refractivity (Wildman–Crippen MR) is 247 cm³/mol. The molecule has 5 aromatic carbocycles. The monoisotopic (exact) mass is 768 g/mol. The van der Waals surface area contributed by atoms with Gasteiger partial charge in [0.05, 0.1) is 28.5 Å². The number of aromatic nitrogens is 4. The van der Waals surface area contributed by atoms with Crippen molar-refractivity contribution < 1.29 is 0 Å². The Balaban J connectivity index is 1.11. The largest absolute Gasteiger partial charge is 0.256 e. The number of rotatable bonds is 9. The Hall–Kier alpha value is -7.82. The second-order valence-electron chi connectivity index (χ2n) is 15.0. The van der Waals surface area contributed by atoms with Crippen LogP contribution in [0.15, 0.2) is 219 Å². The van der Waals surface area contributed by atoms with Crippen LogP contribution in [0.1, 0.15) is 18.5 Å². The van der Waals surface area contributed by atoms with Gasteiger partial charge in [0.15, 0.2) is 0 Å². The van der Waals surface area contributed by atoms with E-state index < -0.39 is 0 Å². The van der Waals surface area contributed by atoms with Gasteiger partial charge in [-0.3, -0.25) is 15.0 Å². The van der Waals surface area contributed by atoms with Crippen molar-refractivity contribution in [2.75, 3.05) is 0 Å². The molecule has 0 amide bonds. The van der Waals surface area contributed by atoms with E-state index in [1.54, 1.807) is 0 Å². The van der Waals surface area contributed by atoms with Crippen molar-refractivity contribution in [2.45, 2.75) is 12.8 Å². The average molecular weight is 769 g/mol. The maximum absolute atomic E-state index is 5.51. The second-order valence-corrected chi connectivity index (χ2v) is 15.0. The van der Waals surface area contributed by atoms with Gasteiger partial charge in [0.1, 0.15) is 0 Å². The highest BCUT2D eigenvalue weighted by Crippen LogP contribution is 2.41. The summed E-state index contributed by atoms with van der Waals surface area (Å²) in [5.74, 6) is 0. The van der Waals surface area contributed by atoms with Crippen LogP contribution in [0.3, 0.4) is 0 Å². The van der Waals surface area contributed by atoms with Crippen LogP contribution in [0.4, 0.5) is 0 Å². The first-order valence-corrected chi connectivity index (χ1v) is 20.4. The van der Waals surface area contributed by atoms with Crippen molar-refractivity contribution in [3.63, 3.8) is 0 Å². The Bertz CT molecular complexity index is 2840. The molecule has 0 radical (unpaired) electrons. The molecule has 4 heteroatoms. The van der Waals surface area contributed by atoms with Crippen LogP contribution >= 0.6 is 0 Å². The number of pyridine rings is 4. The van der Waals surface area contributed by atoms with E-state index in [1.165, 1.54) is 5.57 Å². The molecule has 284 valence electrons. The molecule has 60 heavy (non-hydrogen) atoms. The van der Waals surface area contributed by atoms with E-state index in [0.717, 1.165) is 108 Å². The summed E-state index contributed by atoms with van der Waals surface area (Å²) < 4.78 is 0. The lowest BCUT2D eigenvalue weighted by molar-refractivity contribution is 1.04. The fourth-order valence-electron chi connectivity index (χ4n) is 8.09. The van der Waals surface area contributed by atoms with E-state index in [2.05, 4.69) is 164 Å². The van der Waals surface area contributed by atoms with Gasteiger partial charge in [-0.25, -0.2) is 4.98 Å². The fraction of sp³-hybridized carbons (Fsp3) is 0.0357. The van der Waals surface area contributed by atoms with Gasteiger partial charge >= 0.3 is 0 Å². The maximum atomic E-state index is 5.51. The van der Waals surface area contributed by atoms with Crippen LogP contribution < -0.4 is 0 Å². The smallest absolute Gasteiger partial charge is 0.0721 e. The summed E-state index contributed by atoms with van der Waals surface area (Å²) in [4.78, 5) is 20.3. The third-order valence-corrected chi connectivity index (χ3v) is 11.2. The molecule has 0 aliphatic heterocycles. The molecule has 1 aliphatic carbocycles. The normalized spacial score (nSPS) is 12.2. The summed E-state index contributed by atoms with van der Waals surface area (Å²) >= 11 is 0. The molecule has 0 fully saturated rings. The van der Waals surface area contributed by atoms with E-state index in [9.17, 15) is 0 Å². The molecule has 0 spiro atoms. The molecule has 0 unspecified atom stereocenters. The zero-order valence-electron chi connectivity index (χ0n) is 33.0. The number of allylic oxidation sites excluding steroid dienone is 4. The Morgan fingerprint density at radius 2 is 0.717 bits per heavy atom. The summed E-state index contributed by atoms with van der Waals surface area (Å²) in [6.45, 7) is 0. The van der Waals surface area contributed by atoms with E-state index in [0.29, 0.717) is 0 Å². The van der Waals surface area contributed by atoms with Gasteiger partial charge in [-0.15, -0.1) is 0 Å². The van der Waals surface area contributed by atoms with E-state index in [-0.39, 0.29) is 0 Å². The fourth-order valence-corrected chi connectivity index (χ4v) is 8.09. The molecular weight excluding hydrogens is 729 g/mol. The summed E-state index contributed by atoms with van der Waals surface area (Å²) in [5, 5.41) is 0. The molecule has 4 nitrogen and oxygen atoms in total. The van der Waals surface area contributed by atoms with Crippen molar-refractivity contribution in [2.24, 2.45) is 0 Å². The summed E-state index contributed by atoms with van der Waals surface area (Å²) in [6, 6.07) is 63.5. The summed E-state index contributed by atoms with van der Waals surface area (Å²) in [6.07, 6.45) is 14.5. The first-order valence-electron chi connectivity index (χ1n) is 20.4. The summed E-state index contributed by atoms with van der Waals surface area (Å²) in [7, 11) is 0. The molecule has 0 saturated heterocycles. The second kappa shape index (κ2) is 16.6. The molecule has 0 atom stereocenters. The molecule has 1 aliphatic rings. The third-order valence-electron chi connectivity index (χ3n) is 11.2. The van der Waals surface area contributed by atoms with Gasteiger partial charge in [0.25, 0.3) is 0 Å². The van der Waals surface area contributed by atoms with Crippen LogP contribution in [0.25, 0.3) is 95.1 Å². The molecular formula is C56H40N4. The van der Waals surface area contributed by atoms with Crippen LogP contribution in [-0.2, 0) is 0 Å². The van der Waals surface area contributed by atoms with Crippen molar-refractivity contribution in [3.8, 4) is 89.5 Å². The van der Waals surface area contributed by atoms with Gasteiger partial charge in [-0.1, -0.05) is 170 Å². The molecule has 0 bridgehead atoms. The highest BCUT2D eigenvalue weighted by Gasteiger charge is 2.18. The van der Waals surface area contributed by atoms with Crippen molar-refractivity contribution in [3.05, 3.63) is 225 Å². The topological polar surface area (TPSA) is 51.6 Å². The van der Waals surface area contributed by atoms with E-state index in [4.69, 9.17) is 19.9 Å². The lowest BCUT2D eigenvalue weighted by atomic mass is 9.90. The minimum absolute atomic E-state index is 0.873. The SMILES string of the molecule is C1=CCCC(c2ccc(-c3ccccc3-c3cc(-c4ccccc4-c4ccc(-c5ccccc5)nc4)cc(-c4ccccc4-c4ccc(-c5ccccc5)nc4)n3)cn2)=C1. The van der Waals surface area contributed by atoms with Crippen molar-refractivity contribution >= 4 is 5.57 Å². The molecule has 0 saturated carbocycles. The van der Waals surface area contributed by atoms with Crippen molar-refractivity contribution in [1.82, 2.24) is 19.9 Å². The number of hydrogen-bond acceptors (Lipinski definition) is 4. The van der Waals surface area contributed by atoms with Crippen molar-refractivity contribution in [1.29, 1.82) is 0 Å². The lowest BCUT2D eigenvalue weighted by Crippen LogP contribution is -1.96. The number of hydrogen-bond donors (Lipinski definition) is 0. The van der Waals surface area contributed by atoms with Crippen LogP contribution in [0.2, 0.25) is 0 Å². The minimum Gasteiger partial charge on any atom is -0.256 e. The Kier molecular flexibility index (Phi) is 10.1. The number of nitrogens with zero attached hydrogens (tertiary/aromatic N) is 4. The highest BCUT2D eigenvalue weighted by molar-refractivity contribution is 5.91. The molecule has 4 aromatic heterocycles. The third kappa shape index (κ3) is 7.50. The highest BCUT2D eigenvalue weighted by atomic mass is 14.7. The van der Waals surface area contributed by atoms with E-state index >= 15 is 0 Å². The van der Waals surface area contributed by atoms with Gasteiger partial charge in [0, 0.05) is 57.5 Å². The maximum Gasteiger partial charge on any atom is 0.0721 e. The molecule has 4 heterocycles. The zero-order valence-corrected chi connectivity index (χ0v) is 33.0. The molecule has 10 rings (SSSR count). The zero-order chi connectivity index (χ0) is 40.1. The Morgan fingerprint density at radius 3 is 1.13 bits per heavy atom. The predicted octanol–water partition coefficient (Wildman–Crippen LogP) is 14.3. The van der Waals surface area contributed by atoms with Crippen LogP contribution in [-0.4, -0.2) is 19.9 Å². The number of benzene rings is 5. The Morgan fingerprint density at radius 1 is 0.317 bits per heavy atom. The van der Waals surface area contributed by atoms with Gasteiger partial charge in [-0.2, -0.15) is 0 Å². The van der Waals surface area contributed by atoms with Gasteiger partial charge in [-0.05, 0) is 76.6 Å². The van der Waals surface area contributed by atoms with Gasteiger partial charge < -0.3 is 0 Å².